The highest BCUT2D eigenvalue weighted by atomic mass is 19.1. The highest BCUT2D eigenvalue weighted by Crippen LogP contribution is 2.32. The average Bonchev–Trinajstić information content (AvgIpc) is 2.44. The minimum atomic E-state index is -0.318. The first-order chi connectivity index (χ1) is 10.0. The quantitative estimate of drug-likeness (QED) is 0.632. The SMILES string of the molecule is CCCNC(c1cc(F)c(C)cc1F)C(CCC)CCC. The molecule has 1 atom stereocenters. The van der Waals surface area contributed by atoms with Crippen molar-refractivity contribution in [3.8, 4) is 0 Å². The van der Waals surface area contributed by atoms with Gasteiger partial charge < -0.3 is 5.32 Å². The molecular weight excluding hydrogens is 268 g/mol. The van der Waals surface area contributed by atoms with Crippen molar-refractivity contribution in [3.63, 3.8) is 0 Å². The maximum Gasteiger partial charge on any atom is 0.128 e. The number of rotatable bonds is 9. The molecule has 1 aromatic carbocycles. The van der Waals surface area contributed by atoms with Gasteiger partial charge in [0.15, 0.2) is 0 Å². The third-order valence-corrected chi connectivity index (χ3v) is 4.02. The van der Waals surface area contributed by atoms with Crippen molar-refractivity contribution in [2.75, 3.05) is 6.54 Å². The highest BCUT2D eigenvalue weighted by molar-refractivity contribution is 5.28. The molecule has 1 rings (SSSR count). The van der Waals surface area contributed by atoms with E-state index in [2.05, 4.69) is 26.1 Å². The van der Waals surface area contributed by atoms with Gasteiger partial charge >= 0.3 is 0 Å². The van der Waals surface area contributed by atoms with Crippen LogP contribution in [0.3, 0.4) is 0 Å². The molecule has 21 heavy (non-hydrogen) atoms. The van der Waals surface area contributed by atoms with E-state index in [1.807, 2.05) is 0 Å². The van der Waals surface area contributed by atoms with E-state index in [1.54, 1.807) is 6.92 Å². The fourth-order valence-electron chi connectivity index (χ4n) is 2.95. The maximum atomic E-state index is 14.3. The molecule has 0 amide bonds. The summed E-state index contributed by atoms with van der Waals surface area (Å²) in [5, 5.41) is 3.44. The van der Waals surface area contributed by atoms with Crippen molar-refractivity contribution in [2.24, 2.45) is 5.92 Å². The van der Waals surface area contributed by atoms with Crippen LogP contribution >= 0.6 is 0 Å². The van der Waals surface area contributed by atoms with Gasteiger partial charge in [0.05, 0.1) is 0 Å². The van der Waals surface area contributed by atoms with Gasteiger partial charge in [-0.2, -0.15) is 0 Å². The van der Waals surface area contributed by atoms with Gasteiger partial charge in [-0.15, -0.1) is 0 Å². The van der Waals surface area contributed by atoms with Crippen LogP contribution in [0.4, 0.5) is 8.78 Å². The number of aryl methyl sites for hydroxylation is 1. The Morgan fingerprint density at radius 1 is 0.952 bits per heavy atom. The number of nitrogens with one attached hydrogen (secondary N) is 1. The molecule has 0 radical (unpaired) electrons. The predicted octanol–water partition coefficient (Wildman–Crippen LogP) is 5.53. The van der Waals surface area contributed by atoms with E-state index in [9.17, 15) is 8.78 Å². The van der Waals surface area contributed by atoms with Gasteiger partial charge in [0.2, 0.25) is 0 Å². The van der Waals surface area contributed by atoms with Crippen LogP contribution in [0.5, 0.6) is 0 Å². The average molecular weight is 297 g/mol. The summed E-state index contributed by atoms with van der Waals surface area (Å²) >= 11 is 0. The van der Waals surface area contributed by atoms with Gasteiger partial charge in [-0.05, 0) is 56.3 Å². The van der Waals surface area contributed by atoms with E-state index in [1.165, 1.54) is 12.1 Å². The first-order valence-corrected chi connectivity index (χ1v) is 8.23. The van der Waals surface area contributed by atoms with Gasteiger partial charge in [-0.25, -0.2) is 8.78 Å². The lowest BCUT2D eigenvalue weighted by atomic mass is 9.85. The molecule has 3 heteroatoms. The first kappa shape index (κ1) is 18.1. The zero-order valence-electron chi connectivity index (χ0n) is 13.8. The summed E-state index contributed by atoms with van der Waals surface area (Å²) in [6.45, 7) is 8.80. The second kappa shape index (κ2) is 9.14. The minimum absolute atomic E-state index is 0.0973. The molecule has 0 aliphatic heterocycles. The van der Waals surface area contributed by atoms with Crippen LogP contribution in [0.1, 0.15) is 70.0 Å². The third-order valence-electron chi connectivity index (χ3n) is 4.02. The standard InChI is InChI=1S/C18H29F2N/c1-5-8-14(9-6-2)18(21-10-7-3)15-12-16(19)13(4)11-17(15)20/h11-12,14,18,21H,5-10H2,1-4H3. The van der Waals surface area contributed by atoms with Crippen LogP contribution in [0, 0.1) is 24.5 Å². The van der Waals surface area contributed by atoms with Crippen molar-refractivity contribution >= 4 is 0 Å². The fraction of sp³-hybridized carbons (Fsp3) is 0.667. The lowest BCUT2D eigenvalue weighted by Gasteiger charge is -2.29. The van der Waals surface area contributed by atoms with Gasteiger partial charge in [-0.1, -0.05) is 33.6 Å². The molecule has 120 valence electrons. The number of hydrogen-bond donors (Lipinski definition) is 1. The molecule has 1 unspecified atom stereocenters. The number of halogens is 2. The Labute approximate surface area is 128 Å². The summed E-state index contributed by atoms with van der Waals surface area (Å²) in [4.78, 5) is 0. The molecule has 0 bridgehead atoms. The molecule has 0 saturated heterocycles. The van der Waals surface area contributed by atoms with Gasteiger partial charge in [0.25, 0.3) is 0 Å². The van der Waals surface area contributed by atoms with E-state index in [0.717, 1.165) is 38.6 Å². The van der Waals surface area contributed by atoms with Crippen molar-refractivity contribution in [1.82, 2.24) is 5.32 Å². The molecule has 0 spiro atoms. The van der Waals surface area contributed by atoms with Gasteiger partial charge in [0.1, 0.15) is 11.6 Å². The Morgan fingerprint density at radius 3 is 2.10 bits per heavy atom. The summed E-state index contributed by atoms with van der Waals surface area (Å²) < 4.78 is 28.2. The molecule has 1 nitrogen and oxygen atoms in total. The predicted molar refractivity (Wildman–Crippen MR) is 85.4 cm³/mol. The van der Waals surface area contributed by atoms with Crippen LogP contribution in [-0.2, 0) is 0 Å². The van der Waals surface area contributed by atoms with Crippen LogP contribution in [0.2, 0.25) is 0 Å². The largest absolute Gasteiger partial charge is 0.310 e. The van der Waals surface area contributed by atoms with Crippen LogP contribution < -0.4 is 5.32 Å². The van der Waals surface area contributed by atoms with Crippen molar-refractivity contribution in [3.05, 3.63) is 34.9 Å². The van der Waals surface area contributed by atoms with Gasteiger partial charge in [-0.3, -0.25) is 0 Å². The molecule has 0 fully saturated rings. The van der Waals surface area contributed by atoms with Crippen molar-refractivity contribution in [1.29, 1.82) is 0 Å². The summed E-state index contributed by atoms with van der Waals surface area (Å²) in [7, 11) is 0. The summed E-state index contributed by atoms with van der Waals surface area (Å²) in [6.07, 6.45) is 5.17. The molecular formula is C18H29F2N. The van der Waals surface area contributed by atoms with E-state index in [-0.39, 0.29) is 17.7 Å². The summed E-state index contributed by atoms with van der Waals surface area (Å²) in [5.74, 6) is -0.260. The fourth-order valence-corrected chi connectivity index (χ4v) is 2.95. The Bertz CT molecular complexity index is 425. The molecule has 1 aromatic rings. The third kappa shape index (κ3) is 5.06. The molecule has 0 aliphatic carbocycles. The summed E-state index contributed by atoms with van der Waals surface area (Å²) in [5.41, 5.74) is 0.853. The second-order valence-corrected chi connectivity index (χ2v) is 5.89. The molecule has 0 aromatic heterocycles. The van der Waals surface area contributed by atoms with E-state index >= 15 is 0 Å². The Morgan fingerprint density at radius 2 is 1.57 bits per heavy atom. The smallest absolute Gasteiger partial charge is 0.128 e. The van der Waals surface area contributed by atoms with Crippen LogP contribution in [-0.4, -0.2) is 6.54 Å². The minimum Gasteiger partial charge on any atom is -0.310 e. The lowest BCUT2D eigenvalue weighted by molar-refractivity contribution is 0.308. The van der Waals surface area contributed by atoms with Gasteiger partial charge in [0, 0.05) is 11.6 Å². The molecule has 0 heterocycles. The summed E-state index contributed by atoms with van der Waals surface area (Å²) in [6, 6.07) is 2.61. The Hall–Kier alpha value is -0.960. The van der Waals surface area contributed by atoms with Crippen molar-refractivity contribution < 1.29 is 8.78 Å². The van der Waals surface area contributed by atoms with E-state index in [4.69, 9.17) is 0 Å². The van der Waals surface area contributed by atoms with Crippen LogP contribution in [0.25, 0.3) is 0 Å². The highest BCUT2D eigenvalue weighted by Gasteiger charge is 2.25. The Kier molecular flexibility index (Phi) is 7.87. The first-order valence-electron chi connectivity index (χ1n) is 8.23. The molecule has 1 N–H and O–H groups in total. The molecule has 0 aliphatic rings. The zero-order chi connectivity index (χ0) is 15.8. The zero-order valence-corrected chi connectivity index (χ0v) is 13.8. The second-order valence-electron chi connectivity index (χ2n) is 5.89. The van der Waals surface area contributed by atoms with E-state index < -0.39 is 0 Å². The lowest BCUT2D eigenvalue weighted by Crippen LogP contribution is -2.30. The topological polar surface area (TPSA) is 12.0 Å². The Balaban J connectivity index is 3.13. The number of benzene rings is 1. The normalized spacial score (nSPS) is 12.9. The van der Waals surface area contributed by atoms with E-state index in [0.29, 0.717) is 17.0 Å². The maximum absolute atomic E-state index is 14.3. The van der Waals surface area contributed by atoms with Crippen LogP contribution in [0.15, 0.2) is 12.1 Å². The number of hydrogen-bond acceptors (Lipinski definition) is 1. The van der Waals surface area contributed by atoms with Crippen molar-refractivity contribution in [2.45, 2.75) is 65.8 Å². The molecule has 0 saturated carbocycles. The monoisotopic (exact) mass is 297 g/mol.